The Kier molecular flexibility index (Phi) is 4.87. The van der Waals surface area contributed by atoms with E-state index in [2.05, 4.69) is 37.1 Å². The van der Waals surface area contributed by atoms with Crippen molar-refractivity contribution in [2.75, 3.05) is 5.32 Å². The number of aromatic nitrogens is 5. The zero-order valence-electron chi connectivity index (χ0n) is 17.9. The molecule has 1 N–H and O–H groups in total. The van der Waals surface area contributed by atoms with E-state index in [1.807, 2.05) is 23.8 Å². The predicted octanol–water partition coefficient (Wildman–Crippen LogP) is 3.11. The number of hydrogen-bond donors (Lipinski definition) is 1. The van der Waals surface area contributed by atoms with Gasteiger partial charge in [0.15, 0.2) is 34.0 Å². The van der Waals surface area contributed by atoms with Crippen LogP contribution < -0.4 is 5.32 Å². The van der Waals surface area contributed by atoms with Crippen LogP contribution in [-0.4, -0.2) is 54.6 Å². The second-order valence-electron chi connectivity index (χ2n) is 8.79. The lowest BCUT2D eigenvalue weighted by Crippen LogP contribution is -2.28. The number of imidazole rings is 1. The Morgan fingerprint density at radius 1 is 1.12 bits per heavy atom. The second-order valence-corrected chi connectivity index (χ2v) is 9.69. The molecule has 5 heterocycles. The number of nitrogens with one attached hydrogen (secondary N) is 1. The monoisotopic (exact) mass is 452 g/mol. The zero-order valence-corrected chi connectivity index (χ0v) is 18.7. The summed E-state index contributed by atoms with van der Waals surface area (Å²) < 4.78 is 20.6. The topological polar surface area (TPSA) is 96.2 Å². The highest BCUT2D eigenvalue weighted by molar-refractivity contribution is 7.10. The predicted molar refractivity (Wildman–Crippen MR) is 118 cm³/mol. The highest BCUT2D eigenvalue weighted by Crippen LogP contribution is 2.43. The standard InChI is InChI=1S/C22H24N6O3S/c1-22(2)30-17-14(7-8-15-23-9-10-32-15)29-21(18(17)31-22)28-12-26-16-19(24-11-25-20(16)28)27-13-5-3-4-6-13/h9-14,17-18,21H,3-6H2,1-2H3,(H,24,25,27)/t14-,17-,18+,21-/m1/s1. The molecule has 9 nitrogen and oxygen atoms in total. The highest BCUT2D eigenvalue weighted by atomic mass is 32.1. The lowest BCUT2D eigenvalue weighted by Gasteiger charge is -2.23. The zero-order chi connectivity index (χ0) is 21.7. The van der Waals surface area contributed by atoms with Crippen LogP contribution in [0.25, 0.3) is 11.2 Å². The Morgan fingerprint density at radius 3 is 2.78 bits per heavy atom. The van der Waals surface area contributed by atoms with Crippen molar-refractivity contribution in [1.29, 1.82) is 0 Å². The summed E-state index contributed by atoms with van der Waals surface area (Å²) in [5.41, 5.74) is 1.43. The summed E-state index contributed by atoms with van der Waals surface area (Å²) in [5, 5.41) is 6.19. The van der Waals surface area contributed by atoms with Crippen molar-refractivity contribution in [3.05, 3.63) is 29.2 Å². The molecule has 0 bridgehead atoms. The van der Waals surface area contributed by atoms with Crippen LogP contribution in [0.3, 0.4) is 0 Å². The van der Waals surface area contributed by atoms with E-state index in [4.69, 9.17) is 14.2 Å². The van der Waals surface area contributed by atoms with E-state index in [1.54, 1.807) is 18.9 Å². The maximum absolute atomic E-state index is 6.34. The van der Waals surface area contributed by atoms with Crippen LogP contribution in [0, 0.1) is 11.8 Å². The van der Waals surface area contributed by atoms with Crippen LogP contribution in [-0.2, 0) is 14.2 Å². The maximum atomic E-state index is 6.34. The van der Waals surface area contributed by atoms with Gasteiger partial charge in [-0.25, -0.2) is 19.9 Å². The third kappa shape index (κ3) is 3.55. The van der Waals surface area contributed by atoms with Gasteiger partial charge in [0.05, 0.1) is 6.33 Å². The summed E-state index contributed by atoms with van der Waals surface area (Å²) in [6, 6.07) is 0.434. The van der Waals surface area contributed by atoms with Crippen LogP contribution in [0.2, 0.25) is 0 Å². The van der Waals surface area contributed by atoms with Gasteiger partial charge >= 0.3 is 0 Å². The average Bonchev–Trinajstić information content (AvgIpc) is 3.56. The summed E-state index contributed by atoms with van der Waals surface area (Å²) >= 11 is 1.49. The van der Waals surface area contributed by atoms with Gasteiger partial charge < -0.3 is 19.5 Å². The Balaban J connectivity index is 1.33. The van der Waals surface area contributed by atoms with E-state index in [1.165, 1.54) is 24.2 Å². The molecular formula is C22H24N6O3S. The van der Waals surface area contributed by atoms with Crippen LogP contribution in [0.15, 0.2) is 24.2 Å². The maximum Gasteiger partial charge on any atom is 0.167 e. The Bertz CT molecular complexity index is 1180. The average molecular weight is 453 g/mol. The van der Waals surface area contributed by atoms with E-state index < -0.39 is 18.1 Å². The summed E-state index contributed by atoms with van der Waals surface area (Å²) in [4.78, 5) is 17.8. The molecule has 4 atom stereocenters. The SMILES string of the molecule is CC1(C)O[C@H]2[C@H](O1)[C@@H](C#Cc1nccs1)O[C@H]2n1cnc2c(NC3CCCC3)ncnc21. The van der Waals surface area contributed by atoms with Gasteiger partial charge in [-0.15, -0.1) is 11.3 Å². The first-order valence-electron chi connectivity index (χ1n) is 10.9. The first-order chi connectivity index (χ1) is 15.6. The molecule has 0 aromatic carbocycles. The minimum absolute atomic E-state index is 0.321. The number of anilines is 1. The molecule has 3 aromatic heterocycles. The fourth-order valence-corrected chi connectivity index (χ4v) is 5.23. The molecule has 3 aromatic rings. The molecule has 3 aliphatic rings. The van der Waals surface area contributed by atoms with Crippen molar-refractivity contribution in [1.82, 2.24) is 24.5 Å². The number of rotatable bonds is 3. The molecule has 6 rings (SSSR count). The summed E-state index contributed by atoms with van der Waals surface area (Å²) in [6.07, 6.45) is 8.28. The van der Waals surface area contributed by atoms with Gasteiger partial charge in [-0.3, -0.25) is 4.57 Å². The lowest BCUT2D eigenvalue weighted by molar-refractivity contribution is -0.190. The van der Waals surface area contributed by atoms with E-state index in [-0.39, 0.29) is 12.2 Å². The summed E-state index contributed by atoms with van der Waals surface area (Å²) in [5.74, 6) is 6.32. The number of nitrogens with zero attached hydrogens (tertiary/aromatic N) is 5. The third-order valence-corrected chi connectivity index (χ3v) is 6.80. The quantitative estimate of drug-likeness (QED) is 0.606. The van der Waals surface area contributed by atoms with Crippen molar-refractivity contribution < 1.29 is 14.2 Å². The summed E-state index contributed by atoms with van der Waals surface area (Å²) in [7, 11) is 0. The Labute approximate surface area is 189 Å². The van der Waals surface area contributed by atoms with E-state index in [0.29, 0.717) is 11.7 Å². The molecule has 0 unspecified atom stereocenters. The van der Waals surface area contributed by atoms with Crippen molar-refractivity contribution in [2.24, 2.45) is 0 Å². The molecule has 32 heavy (non-hydrogen) atoms. The number of ether oxygens (including phenoxy) is 3. The molecule has 1 aliphatic carbocycles. The minimum atomic E-state index is -0.723. The lowest BCUT2D eigenvalue weighted by atomic mass is 10.1. The Hall–Kier alpha value is -2.58. The van der Waals surface area contributed by atoms with Crippen molar-refractivity contribution in [3.63, 3.8) is 0 Å². The smallest absolute Gasteiger partial charge is 0.167 e. The van der Waals surface area contributed by atoms with E-state index in [0.717, 1.165) is 29.2 Å². The van der Waals surface area contributed by atoms with E-state index in [9.17, 15) is 0 Å². The van der Waals surface area contributed by atoms with Crippen LogP contribution >= 0.6 is 11.3 Å². The van der Waals surface area contributed by atoms with E-state index >= 15 is 0 Å². The molecule has 0 spiro atoms. The first-order valence-corrected chi connectivity index (χ1v) is 11.8. The fraction of sp³-hybridized carbons (Fsp3) is 0.545. The normalized spacial score (nSPS) is 29.2. The van der Waals surface area contributed by atoms with Gasteiger partial charge in [-0.05, 0) is 32.6 Å². The van der Waals surface area contributed by atoms with Gasteiger partial charge in [0.2, 0.25) is 0 Å². The molecule has 2 aliphatic heterocycles. The van der Waals surface area contributed by atoms with Crippen molar-refractivity contribution in [2.45, 2.75) is 75.9 Å². The first kappa shape index (κ1) is 20.1. The van der Waals surface area contributed by atoms with Crippen LogP contribution in [0.1, 0.15) is 50.8 Å². The molecule has 0 radical (unpaired) electrons. The summed E-state index contributed by atoms with van der Waals surface area (Å²) in [6.45, 7) is 3.82. The molecule has 3 fully saturated rings. The van der Waals surface area contributed by atoms with Crippen LogP contribution in [0.5, 0.6) is 0 Å². The molecule has 166 valence electrons. The van der Waals surface area contributed by atoms with Gasteiger partial charge in [0.25, 0.3) is 0 Å². The molecule has 2 saturated heterocycles. The van der Waals surface area contributed by atoms with Crippen LogP contribution in [0.4, 0.5) is 5.82 Å². The molecule has 10 heteroatoms. The third-order valence-electron chi connectivity index (χ3n) is 6.11. The minimum Gasteiger partial charge on any atom is -0.365 e. The molecule has 0 amide bonds. The Morgan fingerprint density at radius 2 is 1.97 bits per heavy atom. The van der Waals surface area contributed by atoms with Gasteiger partial charge in [-0.1, -0.05) is 18.8 Å². The number of fused-ring (bicyclic) bond motifs is 2. The van der Waals surface area contributed by atoms with Crippen molar-refractivity contribution >= 4 is 28.3 Å². The molecule has 1 saturated carbocycles. The second kappa shape index (κ2) is 7.78. The number of thiazole rings is 1. The van der Waals surface area contributed by atoms with Crippen molar-refractivity contribution in [3.8, 4) is 11.8 Å². The highest BCUT2D eigenvalue weighted by Gasteiger charge is 2.56. The largest absolute Gasteiger partial charge is 0.365 e. The van der Waals surface area contributed by atoms with Gasteiger partial charge in [0.1, 0.15) is 24.6 Å². The van der Waals surface area contributed by atoms with Gasteiger partial charge in [-0.2, -0.15) is 0 Å². The fourth-order valence-electron chi connectivity index (χ4n) is 4.74. The van der Waals surface area contributed by atoms with Gasteiger partial charge in [0, 0.05) is 17.6 Å². The number of hydrogen-bond acceptors (Lipinski definition) is 9. The molecular weight excluding hydrogens is 428 g/mol.